The average molecular weight is 805 g/mol. The van der Waals surface area contributed by atoms with Crippen molar-refractivity contribution in [1.82, 2.24) is 30.7 Å². The molecule has 3 N–H and O–H groups in total. The molecule has 4 unspecified atom stereocenters. The zero-order valence-corrected chi connectivity index (χ0v) is 32.9. The van der Waals surface area contributed by atoms with Gasteiger partial charge in [0.05, 0.1) is 12.1 Å². The third-order valence-electron chi connectivity index (χ3n) is 11.5. The lowest BCUT2D eigenvalue weighted by molar-refractivity contribution is -0.158. The second kappa shape index (κ2) is 18.6. The van der Waals surface area contributed by atoms with Crippen molar-refractivity contribution in [3.63, 3.8) is 0 Å². The van der Waals surface area contributed by atoms with Gasteiger partial charge >= 0.3 is 5.97 Å². The fourth-order valence-corrected chi connectivity index (χ4v) is 8.02. The number of cyclic esters (lactones) is 1. The maximum atomic E-state index is 14.3. The smallest absolute Gasteiger partial charge is 0.328 e. The van der Waals surface area contributed by atoms with E-state index in [4.69, 9.17) is 18.9 Å². The number of methoxy groups -OCH3 is 1. The van der Waals surface area contributed by atoms with Crippen molar-refractivity contribution in [2.75, 3.05) is 33.9 Å². The minimum Gasteiger partial charge on any atom is -0.461 e. The topological polar surface area (TPSA) is 192 Å². The molecule has 1 aromatic carbocycles. The van der Waals surface area contributed by atoms with Crippen molar-refractivity contribution in [2.45, 2.75) is 139 Å². The van der Waals surface area contributed by atoms with Gasteiger partial charge in [-0.3, -0.25) is 29.3 Å². The van der Waals surface area contributed by atoms with E-state index in [2.05, 4.69) is 16.0 Å². The van der Waals surface area contributed by atoms with E-state index >= 15 is 0 Å². The predicted molar refractivity (Wildman–Crippen MR) is 197 cm³/mol. The van der Waals surface area contributed by atoms with Gasteiger partial charge in [0.1, 0.15) is 60.8 Å². The van der Waals surface area contributed by atoms with E-state index in [1.54, 1.807) is 7.11 Å². The lowest BCUT2D eigenvalue weighted by atomic mass is 10.0. The van der Waals surface area contributed by atoms with Crippen LogP contribution in [-0.4, -0.2) is 145 Å². The van der Waals surface area contributed by atoms with Crippen LogP contribution in [0.4, 0.5) is 8.78 Å². The van der Waals surface area contributed by atoms with Crippen LogP contribution in [0.2, 0.25) is 0 Å². The van der Waals surface area contributed by atoms with Crippen LogP contribution in [0.25, 0.3) is 0 Å². The van der Waals surface area contributed by atoms with E-state index in [0.717, 1.165) is 43.9 Å². The van der Waals surface area contributed by atoms with Gasteiger partial charge in [-0.2, -0.15) is 0 Å². The van der Waals surface area contributed by atoms with Crippen LogP contribution in [0.3, 0.4) is 0 Å². The Kier molecular flexibility index (Phi) is 13.8. The van der Waals surface area contributed by atoms with Crippen LogP contribution in [0, 0.1) is 11.6 Å². The minimum atomic E-state index is -1.48. The first-order valence-corrected chi connectivity index (χ1v) is 20.0. The van der Waals surface area contributed by atoms with Crippen LogP contribution in [-0.2, 0) is 54.1 Å². The Morgan fingerprint density at radius 2 is 1.54 bits per heavy atom. The fraction of sp³-hybridized carbons (Fsp3) is 0.692. The number of halogens is 2. The van der Waals surface area contributed by atoms with E-state index in [0.29, 0.717) is 25.7 Å². The molecule has 0 saturated carbocycles. The number of unbranched alkanes of at least 4 members (excludes halogenated alkanes) is 2. The molecule has 57 heavy (non-hydrogen) atoms. The van der Waals surface area contributed by atoms with Crippen molar-refractivity contribution in [3.05, 3.63) is 35.4 Å². The largest absolute Gasteiger partial charge is 0.461 e. The number of nitrogens with zero attached hydrogens (tertiary/aromatic N) is 3. The van der Waals surface area contributed by atoms with Crippen molar-refractivity contribution >= 4 is 35.5 Å². The quantitative estimate of drug-likeness (QED) is 0.146. The summed E-state index contributed by atoms with van der Waals surface area (Å²) in [4.78, 5) is 86.3. The highest BCUT2D eigenvalue weighted by molar-refractivity contribution is 5.97. The van der Waals surface area contributed by atoms with Gasteiger partial charge in [0, 0.05) is 33.3 Å². The molecule has 5 fully saturated rings. The molecule has 10 atom stereocenters. The predicted octanol–water partition coefficient (Wildman–Crippen LogP) is 0.887. The number of hydrogen-bond donors (Lipinski definition) is 3. The number of amides is 5. The van der Waals surface area contributed by atoms with E-state index in [1.807, 2.05) is 0 Å². The summed E-state index contributed by atoms with van der Waals surface area (Å²) in [5, 5.41) is 8.48. The van der Waals surface area contributed by atoms with Gasteiger partial charge in [-0.1, -0.05) is 19.3 Å². The number of epoxide rings is 2. The van der Waals surface area contributed by atoms with E-state index in [9.17, 15) is 37.5 Å². The summed E-state index contributed by atoms with van der Waals surface area (Å²) in [6.45, 7) is 2.81. The Morgan fingerprint density at radius 3 is 2.21 bits per heavy atom. The second-order valence-corrected chi connectivity index (χ2v) is 15.6. The van der Waals surface area contributed by atoms with Gasteiger partial charge in [-0.15, -0.1) is 0 Å². The lowest BCUT2D eigenvalue weighted by Crippen LogP contribution is -2.60. The highest BCUT2D eigenvalue weighted by Crippen LogP contribution is 2.30. The van der Waals surface area contributed by atoms with E-state index in [-0.39, 0.29) is 50.0 Å². The molecule has 0 radical (unpaired) electrons. The first-order chi connectivity index (χ1) is 27.2. The van der Waals surface area contributed by atoms with Crippen LogP contribution in [0.15, 0.2) is 18.2 Å². The number of ether oxygens (including phenoxy) is 4. The van der Waals surface area contributed by atoms with Crippen molar-refractivity contribution in [3.8, 4) is 0 Å². The number of hydrogen-bond acceptors (Lipinski definition) is 11. The van der Waals surface area contributed by atoms with Gasteiger partial charge in [-0.25, -0.2) is 13.6 Å². The lowest BCUT2D eigenvalue weighted by Gasteiger charge is -2.34. The van der Waals surface area contributed by atoms with Crippen LogP contribution < -0.4 is 16.0 Å². The first-order valence-electron chi connectivity index (χ1n) is 20.0. The SMILES string of the molecule is COC1OC1CCCCCC1OC1N[C@@H](Cc1cc(F)cc(F)c1)C(=O)N[C@H]1COC(=O)[C@@H]2CCCN2C(=O)[C@H](C)NC(=O)[C@H](C)N(C)C(=O)[C@@H]2CCCN2C1=O. The van der Waals surface area contributed by atoms with Crippen LogP contribution in [0.5, 0.6) is 0 Å². The molecule has 5 aliphatic rings. The van der Waals surface area contributed by atoms with Gasteiger partial charge < -0.3 is 44.3 Å². The summed E-state index contributed by atoms with van der Waals surface area (Å²) >= 11 is 0. The summed E-state index contributed by atoms with van der Waals surface area (Å²) in [5.41, 5.74) is 0.177. The van der Waals surface area contributed by atoms with E-state index < -0.39 is 96.2 Å². The van der Waals surface area contributed by atoms with Crippen molar-refractivity contribution in [1.29, 1.82) is 0 Å². The number of benzene rings is 1. The molecular formula is C39H54F2N6O10. The normalized spacial score (nSPS) is 31.4. The first kappa shape index (κ1) is 42.3. The van der Waals surface area contributed by atoms with Gasteiger partial charge in [0.2, 0.25) is 29.5 Å². The number of esters is 1. The molecule has 0 aromatic heterocycles. The molecule has 6 rings (SSSR count). The summed E-state index contributed by atoms with van der Waals surface area (Å²) in [5.74, 6) is -5.46. The molecular weight excluding hydrogens is 750 g/mol. The molecule has 5 amide bonds. The number of nitrogens with one attached hydrogen (secondary N) is 3. The number of likely N-dealkylation sites (N-methyl/N-ethyl adjacent to an activating group) is 1. The summed E-state index contributed by atoms with van der Waals surface area (Å²) in [7, 11) is 3.05. The summed E-state index contributed by atoms with van der Waals surface area (Å²) < 4.78 is 50.6. The van der Waals surface area contributed by atoms with E-state index in [1.165, 1.54) is 35.6 Å². The molecule has 0 bridgehead atoms. The standard InChI is InChI=1S/C39H54F2N6O10/c1-21-35(50)47-15-9-11-29(47)38(53)55-20-27(36(51)46-14-8-10-28(46)37(52)45(3)22(2)32(48)42-21)43-33(49)26(18-23-16-24(40)19-25(41)17-23)44-34-30(56-34)12-6-5-7-13-31-39(54-4)57-31/h16-17,19,21-22,26-31,34,39,44H,5-15,18,20H2,1-4H3,(H,42,48)(H,43,49)/t21-,22-,26-,27-,28-,29-,30?,31?,34?,39?/m0/s1. The minimum absolute atomic E-state index is 0.127. The third kappa shape index (κ3) is 10.4. The molecule has 314 valence electrons. The maximum Gasteiger partial charge on any atom is 0.328 e. The second-order valence-electron chi connectivity index (χ2n) is 15.6. The van der Waals surface area contributed by atoms with Gasteiger partial charge in [0.15, 0.2) is 6.29 Å². The molecule has 5 saturated heterocycles. The highest BCUT2D eigenvalue weighted by Gasteiger charge is 2.45. The van der Waals surface area contributed by atoms with Gasteiger partial charge in [-0.05, 0) is 76.5 Å². The van der Waals surface area contributed by atoms with Crippen molar-refractivity contribution in [2.24, 2.45) is 0 Å². The molecule has 16 nitrogen and oxygen atoms in total. The molecule has 0 aliphatic carbocycles. The zero-order chi connectivity index (χ0) is 41.0. The van der Waals surface area contributed by atoms with Crippen LogP contribution >= 0.6 is 0 Å². The monoisotopic (exact) mass is 804 g/mol. The fourth-order valence-electron chi connectivity index (χ4n) is 8.02. The Morgan fingerprint density at radius 1 is 0.895 bits per heavy atom. The van der Waals surface area contributed by atoms with Crippen molar-refractivity contribution < 1.29 is 56.5 Å². The highest BCUT2D eigenvalue weighted by atomic mass is 19.1. The molecule has 5 aliphatic heterocycles. The third-order valence-corrected chi connectivity index (χ3v) is 11.5. The number of rotatable bonds is 13. The Bertz CT molecular complexity index is 1670. The Balaban J connectivity index is 1.19. The maximum absolute atomic E-state index is 14.3. The number of carbonyl (C=O) groups excluding carboxylic acids is 6. The van der Waals surface area contributed by atoms with Crippen LogP contribution in [0.1, 0.15) is 77.2 Å². The summed E-state index contributed by atoms with van der Waals surface area (Å²) in [6, 6.07) is -3.63. The summed E-state index contributed by atoms with van der Waals surface area (Å²) in [6.07, 6.45) is 4.94. The van der Waals surface area contributed by atoms with Gasteiger partial charge in [0.25, 0.3) is 0 Å². The zero-order valence-electron chi connectivity index (χ0n) is 32.9. The Hall–Kier alpha value is -4.26. The molecule has 0 spiro atoms. The molecule has 18 heteroatoms. The number of carbonyl (C=O) groups is 6. The number of fused-ring (bicyclic) bond motifs is 2. The average Bonchev–Trinajstić information content (AvgIpc) is 3.97. The molecule has 1 aromatic rings. The molecule has 5 heterocycles. The Labute approximate surface area is 330 Å².